The highest BCUT2D eigenvalue weighted by atomic mass is 17.2. The second-order valence-corrected chi connectivity index (χ2v) is 1.47. The number of methoxy groups -OCH3 is 1. The van der Waals surface area contributed by atoms with E-state index >= 15 is 0 Å². The van der Waals surface area contributed by atoms with Gasteiger partial charge in [-0.2, -0.15) is 4.79 Å². The van der Waals surface area contributed by atoms with Gasteiger partial charge in [0.25, 0.3) is 0 Å². The van der Waals surface area contributed by atoms with Gasteiger partial charge >= 0.3 is 11.7 Å². The van der Waals surface area contributed by atoms with E-state index < -0.39 is 5.97 Å². The number of carbonyl (C=O) groups is 1. The lowest BCUT2D eigenvalue weighted by Gasteiger charge is -1.93. The van der Waals surface area contributed by atoms with Gasteiger partial charge in [0.15, 0.2) is 6.61 Å². The van der Waals surface area contributed by atoms with Gasteiger partial charge in [-0.1, -0.05) is 0 Å². The molecule has 0 aromatic heterocycles. The second kappa shape index (κ2) is 5.55. The lowest BCUT2D eigenvalue weighted by atomic mass is 10.4. The number of nitrogens with zero attached hydrogens (tertiary/aromatic N) is 2. The Hall–Kier alpha value is -1.23. The summed E-state index contributed by atoms with van der Waals surface area (Å²) in [6.07, 6.45) is 0. The average Bonchev–Trinajstić information content (AvgIpc) is 2.05. The monoisotopic (exact) mass is 160 g/mol. The van der Waals surface area contributed by atoms with Gasteiger partial charge in [0.1, 0.15) is 0 Å². The third-order valence-electron chi connectivity index (χ3n) is 0.855. The highest BCUT2D eigenvalue weighted by molar-refractivity contribution is 6.34. The van der Waals surface area contributed by atoms with Crippen molar-refractivity contribution >= 4 is 11.7 Å². The molecule has 0 radical (unpaired) electrons. The summed E-state index contributed by atoms with van der Waals surface area (Å²) in [4.78, 5) is 21.7. The second-order valence-electron chi connectivity index (χ2n) is 1.47. The van der Waals surface area contributed by atoms with Crippen LogP contribution in [0.15, 0.2) is 0 Å². The molecule has 0 saturated heterocycles. The number of hydrogen-bond acceptors (Lipinski definition) is 4. The lowest BCUT2D eigenvalue weighted by molar-refractivity contribution is -0.263. The van der Waals surface area contributed by atoms with Crippen molar-refractivity contribution in [3.63, 3.8) is 0 Å². The van der Waals surface area contributed by atoms with Crippen LogP contribution in [0.4, 0.5) is 0 Å². The van der Waals surface area contributed by atoms with Gasteiger partial charge in [0.2, 0.25) is 0 Å². The van der Waals surface area contributed by atoms with Gasteiger partial charge < -0.3 is 10.3 Å². The first kappa shape index (κ1) is 9.77. The summed E-state index contributed by atoms with van der Waals surface area (Å²) >= 11 is 0. The highest BCUT2D eigenvalue weighted by Crippen LogP contribution is 1.81. The van der Waals surface area contributed by atoms with E-state index in [0.717, 1.165) is 0 Å². The molecule has 0 heterocycles. The smallest absolute Gasteiger partial charge is 0.419 e. The fourth-order valence-corrected chi connectivity index (χ4v) is 0.361. The minimum Gasteiger partial charge on any atom is -0.460 e. The fraction of sp³-hybridized carbons (Fsp3) is 0.600. The molecule has 0 amide bonds. The molecular formula is C5H8N2O4. The standard InChI is InChI=1S/C5H8N2O4/c1-9-5(8)4(7-6)3-11-10-2/h3H2,1-2H3. The van der Waals surface area contributed by atoms with Crippen LogP contribution in [0.25, 0.3) is 5.53 Å². The maximum absolute atomic E-state index is 10.6. The van der Waals surface area contributed by atoms with Crippen molar-refractivity contribution in [2.75, 3.05) is 20.8 Å². The number of carbonyl (C=O) groups excluding carboxylic acids is 1. The van der Waals surface area contributed by atoms with E-state index in [1.54, 1.807) is 0 Å². The molecule has 0 aromatic carbocycles. The summed E-state index contributed by atoms with van der Waals surface area (Å²) in [5, 5.41) is 0. The van der Waals surface area contributed by atoms with E-state index in [-0.39, 0.29) is 12.3 Å². The average molecular weight is 160 g/mol. The van der Waals surface area contributed by atoms with Gasteiger partial charge in [-0.3, -0.25) is 0 Å². The summed E-state index contributed by atoms with van der Waals surface area (Å²) in [5.74, 6) is -0.760. The van der Waals surface area contributed by atoms with Crippen LogP contribution in [-0.2, 0) is 19.3 Å². The van der Waals surface area contributed by atoms with E-state index in [4.69, 9.17) is 5.53 Å². The molecule has 0 aliphatic heterocycles. The Bertz CT molecular complexity index is 185. The summed E-state index contributed by atoms with van der Waals surface area (Å²) < 4.78 is 4.24. The first-order valence-electron chi connectivity index (χ1n) is 2.71. The van der Waals surface area contributed by atoms with Crippen molar-refractivity contribution in [3.05, 3.63) is 5.53 Å². The molecule has 62 valence electrons. The molecule has 0 fully saturated rings. The van der Waals surface area contributed by atoms with Crippen LogP contribution in [0, 0.1) is 0 Å². The minimum absolute atomic E-state index is 0.250. The minimum atomic E-state index is -0.760. The van der Waals surface area contributed by atoms with Crippen LogP contribution in [0.5, 0.6) is 0 Å². The van der Waals surface area contributed by atoms with Crippen molar-refractivity contribution in [3.8, 4) is 0 Å². The zero-order valence-corrected chi connectivity index (χ0v) is 6.23. The molecule has 0 spiro atoms. The summed E-state index contributed by atoms with van der Waals surface area (Å²) in [7, 11) is 2.44. The Balaban J connectivity index is 3.98. The Morgan fingerprint density at radius 1 is 1.55 bits per heavy atom. The van der Waals surface area contributed by atoms with Crippen LogP contribution in [0.1, 0.15) is 0 Å². The number of rotatable bonds is 4. The Morgan fingerprint density at radius 3 is 2.55 bits per heavy atom. The highest BCUT2D eigenvalue weighted by Gasteiger charge is 2.20. The molecule has 6 heteroatoms. The SMILES string of the molecule is COOCC(=[N+]=[N-])C(=O)OC. The topological polar surface area (TPSA) is 81.2 Å². The molecule has 0 aromatic rings. The number of hydrogen-bond donors (Lipinski definition) is 0. The molecule has 0 rings (SSSR count). The van der Waals surface area contributed by atoms with E-state index in [2.05, 4.69) is 19.3 Å². The molecule has 0 N–H and O–H groups in total. The van der Waals surface area contributed by atoms with Crippen LogP contribution >= 0.6 is 0 Å². The van der Waals surface area contributed by atoms with Gasteiger partial charge in [0.05, 0.1) is 14.2 Å². The van der Waals surface area contributed by atoms with Crippen LogP contribution in [0.2, 0.25) is 0 Å². The molecule has 0 atom stereocenters. The van der Waals surface area contributed by atoms with Gasteiger partial charge in [-0.15, -0.1) is 0 Å². The predicted molar refractivity (Wildman–Crippen MR) is 33.6 cm³/mol. The molecule has 0 aliphatic rings. The van der Waals surface area contributed by atoms with Crippen molar-refractivity contribution in [1.82, 2.24) is 0 Å². The Labute approximate surface area is 63.2 Å². The fourth-order valence-electron chi connectivity index (χ4n) is 0.361. The van der Waals surface area contributed by atoms with Gasteiger partial charge in [-0.25, -0.2) is 14.6 Å². The molecule has 6 nitrogen and oxygen atoms in total. The maximum Gasteiger partial charge on any atom is 0.419 e. The van der Waals surface area contributed by atoms with Gasteiger partial charge in [-0.05, 0) is 0 Å². The van der Waals surface area contributed by atoms with Crippen LogP contribution in [-0.4, -0.2) is 37.3 Å². The normalized spacial score (nSPS) is 8.55. The van der Waals surface area contributed by atoms with E-state index in [1.165, 1.54) is 14.2 Å². The molecule has 0 saturated carbocycles. The predicted octanol–water partition coefficient (Wildman–Crippen LogP) is -0.592. The maximum atomic E-state index is 10.6. The first-order chi connectivity index (χ1) is 5.26. The van der Waals surface area contributed by atoms with E-state index in [9.17, 15) is 4.79 Å². The van der Waals surface area contributed by atoms with E-state index in [0.29, 0.717) is 0 Å². The number of esters is 1. The van der Waals surface area contributed by atoms with E-state index in [1.807, 2.05) is 0 Å². The molecule has 0 aliphatic carbocycles. The van der Waals surface area contributed by atoms with Crippen molar-refractivity contribution in [2.24, 2.45) is 0 Å². The van der Waals surface area contributed by atoms with Crippen molar-refractivity contribution < 1.29 is 24.1 Å². The molecule has 11 heavy (non-hydrogen) atoms. The number of ether oxygens (including phenoxy) is 1. The summed E-state index contributed by atoms with van der Waals surface area (Å²) in [6, 6.07) is 0. The van der Waals surface area contributed by atoms with Crippen LogP contribution < -0.4 is 0 Å². The third kappa shape index (κ3) is 3.47. The largest absolute Gasteiger partial charge is 0.460 e. The summed E-state index contributed by atoms with van der Waals surface area (Å²) in [5.41, 5.74) is 7.95. The molecule has 0 unspecified atom stereocenters. The zero-order chi connectivity index (χ0) is 8.69. The summed E-state index contributed by atoms with van der Waals surface area (Å²) in [6.45, 7) is -0.250. The van der Waals surface area contributed by atoms with Crippen LogP contribution in [0.3, 0.4) is 0 Å². The quantitative estimate of drug-likeness (QED) is 0.137. The zero-order valence-electron chi connectivity index (χ0n) is 6.23. The Morgan fingerprint density at radius 2 is 2.18 bits per heavy atom. The third-order valence-corrected chi connectivity index (χ3v) is 0.855. The molecule has 0 bridgehead atoms. The lowest BCUT2D eigenvalue weighted by Crippen LogP contribution is -2.22. The van der Waals surface area contributed by atoms with Crippen molar-refractivity contribution in [2.45, 2.75) is 0 Å². The van der Waals surface area contributed by atoms with Crippen molar-refractivity contribution in [1.29, 1.82) is 0 Å². The first-order valence-corrected chi connectivity index (χ1v) is 2.71. The molecular weight excluding hydrogens is 152 g/mol. The van der Waals surface area contributed by atoms with Gasteiger partial charge in [0, 0.05) is 0 Å². The Kier molecular flexibility index (Phi) is 4.93.